The first-order valence-electron chi connectivity index (χ1n) is 6.64. The molecule has 1 aromatic heterocycles. The van der Waals surface area contributed by atoms with Crippen molar-refractivity contribution in [2.24, 2.45) is 5.73 Å². The Morgan fingerprint density at radius 1 is 1.21 bits per heavy atom. The van der Waals surface area contributed by atoms with E-state index in [9.17, 15) is 0 Å². The van der Waals surface area contributed by atoms with Gasteiger partial charge >= 0.3 is 0 Å². The molecule has 0 aliphatic heterocycles. The van der Waals surface area contributed by atoms with Crippen LogP contribution in [0.2, 0.25) is 10.0 Å². The summed E-state index contributed by atoms with van der Waals surface area (Å²) >= 11 is 12.4. The van der Waals surface area contributed by atoms with Gasteiger partial charge in [-0.3, -0.25) is 4.98 Å². The Hall–Kier alpha value is -0.830. The summed E-state index contributed by atoms with van der Waals surface area (Å²) in [4.78, 5) is 4.75. The van der Waals surface area contributed by atoms with E-state index in [1.54, 1.807) is 0 Å². The van der Waals surface area contributed by atoms with Crippen molar-refractivity contribution >= 4 is 34.1 Å². The molecule has 4 heteroatoms. The van der Waals surface area contributed by atoms with E-state index in [2.05, 4.69) is 0 Å². The summed E-state index contributed by atoms with van der Waals surface area (Å²) in [6.45, 7) is 2.02. The zero-order chi connectivity index (χ0) is 13.6. The van der Waals surface area contributed by atoms with E-state index >= 15 is 0 Å². The normalized spacial score (nSPS) is 16.4. The fourth-order valence-electron chi connectivity index (χ4n) is 2.99. The highest BCUT2D eigenvalue weighted by atomic mass is 35.5. The molecule has 1 atom stereocenters. The van der Waals surface area contributed by atoms with E-state index < -0.39 is 0 Å². The number of rotatable bonds is 1. The highest BCUT2D eigenvalue weighted by Gasteiger charge is 2.21. The van der Waals surface area contributed by atoms with Crippen LogP contribution in [0.25, 0.3) is 10.9 Å². The number of nitrogens with zero attached hydrogens (tertiary/aromatic N) is 1. The Bertz CT molecular complexity index is 650. The summed E-state index contributed by atoms with van der Waals surface area (Å²) in [7, 11) is 0. The molecule has 1 aromatic carbocycles. The van der Waals surface area contributed by atoms with Crippen LogP contribution in [0.15, 0.2) is 12.1 Å². The molecule has 0 amide bonds. The maximum atomic E-state index is 6.31. The standard InChI is InChI=1S/C15H16Cl2N2/c1-8(18)13-9-4-2-3-5-12(9)19-15-10(13)6-7-11(16)14(15)17/h6-8H,2-5,18H2,1H3. The number of fused-ring (bicyclic) bond motifs is 2. The summed E-state index contributed by atoms with van der Waals surface area (Å²) in [6.07, 6.45) is 4.46. The van der Waals surface area contributed by atoms with Crippen LogP contribution in [0.4, 0.5) is 0 Å². The molecule has 0 spiro atoms. The monoisotopic (exact) mass is 294 g/mol. The van der Waals surface area contributed by atoms with Crippen LogP contribution in [0.5, 0.6) is 0 Å². The van der Waals surface area contributed by atoms with Gasteiger partial charge in [0.25, 0.3) is 0 Å². The van der Waals surface area contributed by atoms with Crippen molar-refractivity contribution in [1.82, 2.24) is 4.98 Å². The van der Waals surface area contributed by atoms with Gasteiger partial charge in [-0.2, -0.15) is 0 Å². The molecule has 19 heavy (non-hydrogen) atoms. The Morgan fingerprint density at radius 3 is 2.68 bits per heavy atom. The van der Waals surface area contributed by atoms with Gasteiger partial charge in [-0.15, -0.1) is 0 Å². The van der Waals surface area contributed by atoms with E-state index in [-0.39, 0.29) is 6.04 Å². The third-order valence-corrected chi connectivity index (χ3v) is 4.62. The molecule has 1 aliphatic rings. The van der Waals surface area contributed by atoms with Crippen LogP contribution < -0.4 is 5.73 Å². The van der Waals surface area contributed by atoms with Crippen LogP contribution in [0.3, 0.4) is 0 Å². The number of pyridine rings is 1. The lowest BCUT2D eigenvalue weighted by atomic mass is 9.87. The highest BCUT2D eigenvalue weighted by Crippen LogP contribution is 2.37. The minimum atomic E-state index is -0.0189. The fourth-order valence-corrected chi connectivity index (χ4v) is 3.35. The molecular weight excluding hydrogens is 279 g/mol. The van der Waals surface area contributed by atoms with Crippen LogP contribution >= 0.6 is 23.2 Å². The lowest BCUT2D eigenvalue weighted by Gasteiger charge is -2.23. The van der Waals surface area contributed by atoms with Gasteiger partial charge < -0.3 is 5.73 Å². The summed E-state index contributed by atoms with van der Waals surface area (Å²) in [6, 6.07) is 3.80. The first-order valence-corrected chi connectivity index (χ1v) is 7.40. The first kappa shape index (κ1) is 13.2. The summed E-state index contributed by atoms with van der Waals surface area (Å²) in [5.41, 5.74) is 10.6. The zero-order valence-corrected chi connectivity index (χ0v) is 12.4. The third-order valence-electron chi connectivity index (χ3n) is 3.83. The Morgan fingerprint density at radius 2 is 1.95 bits per heavy atom. The number of halogens is 2. The van der Waals surface area contributed by atoms with E-state index in [0.717, 1.165) is 29.4 Å². The van der Waals surface area contributed by atoms with Crippen LogP contribution in [-0.2, 0) is 12.8 Å². The number of aryl methyl sites for hydroxylation is 1. The molecule has 100 valence electrons. The van der Waals surface area contributed by atoms with Crippen molar-refractivity contribution in [3.63, 3.8) is 0 Å². The number of aromatic nitrogens is 1. The van der Waals surface area contributed by atoms with Gasteiger partial charge in [0.2, 0.25) is 0 Å². The molecule has 2 nitrogen and oxygen atoms in total. The molecule has 0 saturated heterocycles. The van der Waals surface area contributed by atoms with Gasteiger partial charge in [0.1, 0.15) is 0 Å². The maximum Gasteiger partial charge on any atom is 0.0910 e. The second-order valence-corrected chi connectivity index (χ2v) is 5.99. The molecule has 2 aromatic rings. The second kappa shape index (κ2) is 4.93. The van der Waals surface area contributed by atoms with Gasteiger partial charge in [-0.25, -0.2) is 0 Å². The Labute approximate surface area is 122 Å². The number of hydrogen-bond acceptors (Lipinski definition) is 2. The first-order chi connectivity index (χ1) is 9.09. The van der Waals surface area contributed by atoms with E-state index in [1.165, 1.54) is 24.0 Å². The van der Waals surface area contributed by atoms with Crippen LogP contribution in [-0.4, -0.2) is 4.98 Å². The predicted octanol–water partition coefficient (Wildman–Crippen LogP) is 4.44. The van der Waals surface area contributed by atoms with Crippen molar-refractivity contribution in [3.8, 4) is 0 Å². The predicted molar refractivity (Wildman–Crippen MR) is 81.0 cm³/mol. The van der Waals surface area contributed by atoms with E-state index in [1.807, 2.05) is 19.1 Å². The minimum absolute atomic E-state index is 0.0189. The fraction of sp³-hybridized carbons (Fsp3) is 0.400. The molecule has 0 radical (unpaired) electrons. The molecule has 2 N–H and O–H groups in total. The minimum Gasteiger partial charge on any atom is -0.324 e. The molecule has 0 bridgehead atoms. The molecule has 1 aliphatic carbocycles. The number of nitrogens with two attached hydrogens (primary N) is 1. The average Bonchev–Trinajstić information content (AvgIpc) is 2.40. The largest absolute Gasteiger partial charge is 0.324 e. The van der Waals surface area contributed by atoms with Gasteiger partial charge in [0.15, 0.2) is 0 Å². The molecule has 0 fully saturated rings. The highest BCUT2D eigenvalue weighted by molar-refractivity contribution is 6.45. The van der Waals surface area contributed by atoms with Gasteiger partial charge in [0.05, 0.1) is 15.6 Å². The quantitative estimate of drug-likeness (QED) is 0.844. The smallest absolute Gasteiger partial charge is 0.0910 e. The van der Waals surface area contributed by atoms with Crippen molar-refractivity contribution in [3.05, 3.63) is 39.0 Å². The lowest BCUT2D eigenvalue weighted by Crippen LogP contribution is -2.15. The molecule has 1 heterocycles. The summed E-state index contributed by atoms with van der Waals surface area (Å²) in [5.74, 6) is 0. The van der Waals surface area contributed by atoms with Crippen LogP contribution in [0.1, 0.15) is 42.6 Å². The van der Waals surface area contributed by atoms with E-state index in [4.69, 9.17) is 33.9 Å². The van der Waals surface area contributed by atoms with E-state index in [0.29, 0.717) is 10.0 Å². The average molecular weight is 295 g/mol. The SMILES string of the molecule is CC(N)c1c2c(nc3c(Cl)c(Cl)ccc13)CCCC2. The van der Waals surface area contributed by atoms with Crippen molar-refractivity contribution < 1.29 is 0 Å². The number of benzene rings is 1. The third kappa shape index (κ3) is 2.12. The summed E-state index contributed by atoms with van der Waals surface area (Å²) < 4.78 is 0. The maximum absolute atomic E-state index is 6.31. The van der Waals surface area contributed by atoms with Crippen molar-refractivity contribution in [2.45, 2.75) is 38.6 Å². The number of hydrogen-bond donors (Lipinski definition) is 1. The van der Waals surface area contributed by atoms with Crippen molar-refractivity contribution in [2.75, 3.05) is 0 Å². The van der Waals surface area contributed by atoms with Gasteiger partial charge in [0, 0.05) is 17.1 Å². The molecule has 1 unspecified atom stereocenters. The zero-order valence-electron chi connectivity index (χ0n) is 10.8. The second-order valence-electron chi connectivity index (χ2n) is 5.20. The topological polar surface area (TPSA) is 38.9 Å². The van der Waals surface area contributed by atoms with Crippen molar-refractivity contribution in [1.29, 1.82) is 0 Å². The lowest BCUT2D eigenvalue weighted by molar-refractivity contribution is 0.655. The summed E-state index contributed by atoms with van der Waals surface area (Å²) in [5, 5.41) is 2.13. The van der Waals surface area contributed by atoms with Gasteiger partial charge in [-0.05, 0) is 49.8 Å². The molecule has 3 rings (SSSR count). The Balaban J connectivity index is 2.42. The molecule has 0 saturated carbocycles. The molecular formula is C15H16Cl2N2. The van der Waals surface area contributed by atoms with Gasteiger partial charge in [-0.1, -0.05) is 29.3 Å². The Kier molecular flexibility index (Phi) is 3.42. The van der Waals surface area contributed by atoms with Crippen LogP contribution in [0, 0.1) is 0 Å².